The lowest BCUT2D eigenvalue weighted by Crippen LogP contribution is -2.13. The Hall–Kier alpha value is -2.27. The molecule has 3 rings (SSSR count). The smallest absolute Gasteiger partial charge is 0.124 e. The van der Waals surface area contributed by atoms with Crippen LogP contribution in [-0.2, 0) is 19.7 Å². The van der Waals surface area contributed by atoms with Crippen molar-refractivity contribution in [3.8, 4) is 11.5 Å². The SMILES string of the molecule is COc1ccc(CNCc2cc(Cl)ccc2OCc2ccc(F)cc2Cl)cc1. The molecule has 0 aromatic heterocycles. The number of hydrogen-bond donors (Lipinski definition) is 1. The zero-order valence-corrected chi connectivity index (χ0v) is 16.9. The third-order valence-electron chi connectivity index (χ3n) is 4.22. The number of benzene rings is 3. The fraction of sp³-hybridized carbons (Fsp3) is 0.182. The molecule has 6 heteroatoms. The molecule has 28 heavy (non-hydrogen) atoms. The van der Waals surface area contributed by atoms with Crippen LogP contribution in [0.4, 0.5) is 4.39 Å². The highest BCUT2D eigenvalue weighted by Gasteiger charge is 2.08. The van der Waals surface area contributed by atoms with Gasteiger partial charge in [-0.15, -0.1) is 0 Å². The Balaban J connectivity index is 1.62. The molecule has 0 saturated carbocycles. The van der Waals surface area contributed by atoms with E-state index in [4.69, 9.17) is 32.7 Å². The van der Waals surface area contributed by atoms with Crippen LogP contribution in [0, 0.1) is 5.82 Å². The maximum Gasteiger partial charge on any atom is 0.124 e. The van der Waals surface area contributed by atoms with Gasteiger partial charge in [-0.2, -0.15) is 0 Å². The van der Waals surface area contributed by atoms with Gasteiger partial charge in [0.1, 0.15) is 23.9 Å². The standard InChI is InChI=1S/C22H20Cl2FNO2/c1-27-20-7-2-15(3-8-20)12-26-13-17-10-18(23)5-9-22(17)28-14-16-4-6-19(25)11-21(16)24/h2-11,26H,12-14H2,1H3. The van der Waals surface area contributed by atoms with Crippen molar-refractivity contribution in [3.05, 3.63) is 93.2 Å². The number of methoxy groups -OCH3 is 1. The second-order valence-electron chi connectivity index (χ2n) is 6.23. The molecule has 3 nitrogen and oxygen atoms in total. The maximum absolute atomic E-state index is 13.2. The lowest BCUT2D eigenvalue weighted by Gasteiger charge is -2.14. The fourth-order valence-corrected chi connectivity index (χ4v) is 3.12. The molecule has 0 bridgehead atoms. The number of hydrogen-bond acceptors (Lipinski definition) is 3. The van der Waals surface area contributed by atoms with Crippen LogP contribution in [0.15, 0.2) is 60.7 Å². The Morgan fingerprint density at radius 3 is 2.39 bits per heavy atom. The molecule has 0 aliphatic rings. The van der Waals surface area contributed by atoms with Crippen molar-refractivity contribution in [1.29, 1.82) is 0 Å². The minimum atomic E-state index is -0.372. The predicted octanol–water partition coefficient (Wildman–Crippen LogP) is 6.01. The molecule has 3 aromatic rings. The number of ether oxygens (including phenoxy) is 2. The van der Waals surface area contributed by atoms with Crippen LogP contribution in [0.25, 0.3) is 0 Å². The zero-order valence-electron chi connectivity index (χ0n) is 15.3. The van der Waals surface area contributed by atoms with Gasteiger partial charge in [0.25, 0.3) is 0 Å². The molecular weight excluding hydrogens is 400 g/mol. The molecule has 146 valence electrons. The second kappa shape index (κ2) is 9.78. The Bertz CT molecular complexity index is 932. The van der Waals surface area contributed by atoms with Crippen molar-refractivity contribution in [2.45, 2.75) is 19.7 Å². The molecule has 3 aromatic carbocycles. The van der Waals surface area contributed by atoms with Gasteiger partial charge in [0.05, 0.1) is 12.1 Å². The van der Waals surface area contributed by atoms with Crippen molar-refractivity contribution >= 4 is 23.2 Å². The number of nitrogens with one attached hydrogen (secondary N) is 1. The largest absolute Gasteiger partial charge is 0.497 e. The molecule has 0 heterocycles. The van der Waals surface area contributed by atoms with Gasteiger partial charge in [0.15, 0.2) is 0 Å². The summed E-state index contributed by atoms with van der Waals surface area (Å²) in [4.78, 5) is 0. The van der Waals surface area contributed by atoms with Gasteiger partial charge in [0.2, 0.25) is 0 Å². The van der Waals surface area contributed by atoms with Crippen LogP contribution in [0.3, 0.4) is 0 Å². The van der Waals surface area contributed by atoms with Gasteiger partial charge in [-0.25, -0.2) is 4.39 Å². The van der Waals surface area contributed by atoms with Gasteiger partial charge in [-0.05, 0) is 48.0 Å². The Kier molecular flexibility index (Phi) is 7.15. The molecular formula is C22H20Cl2FNO2. The lowest BCUT2D eigenvalue weighted by molar-refractivity contribution is 0.302. The van der Waals surface area contributed by atoms with Crippen LogP contribution >= 0.6 is 23.2 Å². The first kappa shape index (κ1) is 20.5. The molecule has 0 amide bonds. The van der Waals surface area contributed by atoms with Crippen LogP contribution in [0.5, 0.6) is 11.5 Å². The van der Waals surface area contributed by atoms with Crippen molar-refractivity contribution in [2.75, 3.05) is 7.11 Å². The topological polar surface area (TPSA) is 30.5 Å². The first-order valence-corrected chi connectivity index (χ1v) is 9.49. The van der Waals surface area contributed by atoms with Crippen LogP contribution < -0.4 is 14.8 Å². The zero-order chi connectivity index (χ0) is 19.9. The summed E-state index contributed by atoms with van der Waals surface area (Å²) in [5.41, 5.74) is 2.79. The van der Waals surface area contributed by atoms with E-state index < -0.39 is 0 Å². The average Bonchev–Trinajstić information content (AvgIpc) is 2.69. The third kappa shape index (κ3) is 5.61. The summed E-state index contributed by atoms with van der Waals surface area (Å²) >= 11 is 12.2. The monoisotopic (exact) mass is 419 g/mol. The highest BCUT2D eigenvalue weighted by molar-refractivity contribution is 6.31. The van der Waals surface area contributed by atoms with E-state index in [0.29, 0.717) is 28.9 Å². The van der Waals surface area contributed by atoms with E-state index in [1.165, 1.54) is 12.1 Å². The van der Waals surface area contributed by atoms with E-state index >= 15 is 0 Å². The van der Waals surface area contributed by atoms with E-state index in [1.54, 1.807) is 19.2 Å². The van der Waals surface area contributed by atoms with Crippen molar-refractivity contribution in [3.63, 3.8) is 0 Å². The molecule has 0 aliphatic carbocycles. The van der Waals surface area contributed by atoms with Gasteiger partial charge in [-0.3, -0.25) is 0 Å². The molecule has 0 aliphatic heterocycles. The van der Waals surface area contributed by atoms with Gasteiger partial charge < -0.3 is 14.8 Å². The minimum absolute atomic E-state index is 0.242. The van der Waals surface area contributed by atoms with Crippen molar-refractivity contribution in [1.82, 2.24) is 5.32 Å². The quantitative estimate of drug-likeness (QED) is 0.484. The van der Waals surface area contributed by atoms with Gasteiger partial charge >= 0.3 is 0 Å². The summed E-state index contributed by atoms with van der Waals surface area (Å²) in [5.74, 6) is 1.16. The summed E-state index contributed by atoms with van der Waals surface area (Å²) in [5, 5.41) is 4.36. The van der Waals surface area contributed by atoms with Crippen LogP contribution in [0.1, 0.15) is 16.7 Å². The van der Waals surface area contributed by atoms with Crippen LogP contribution in [0.2, 0.25) is 10.0 Å². The summed E-state index contributed by atoms with van der Waals surface area (Å²) in [6, 6.07) is 17.6. The van der Waals surface area contributed by atoms with E-state index in [1.807, 2.05) is 36.4 Å². The van der Waals surface area contributed by atoms with E-state index in [2.05, 4.69) is 5.32 Å². The van der Waals surface area contributed by atoms with Crippen LogP contribution in [-0.4, -0.2) is 7.11 Å². The predicted molar refractivity (Wildman–Crippen MR) is 111 cm³/mol. The Morgan fingerprint density at radius 1 is 0.893 bits per heavy atom. The first-order valence-electron chi connectivity index (χ1n) is 8.74. The lowest BCUT2D eigenvalue weighted by atomic mass is 10.1. The molecule has 0 unspecified atom stereocenters. The van der Waals surface area contributed by atoms with Crippen molar-refractivity contribution < 1.29 is 13.9 Å². The highest BCUT2D eigenvalue weighted by Crippen LogP contribution is 2.25. The van der Waals surface area contributed by atoms with Gasteiger partial charge in [0, 0.05) is 29.2 Å². The van der Waals surface area contributed by atoms with E-state index in [0.717, 1.165) is 22.4 Å². The second-order valence-corrected chi connectivity index (χ2v) is 7.07. The number of halogens is 3. The average molecular weight is 420 g/mol. The minimum Gasteiger partial charge on any atom is -0.497 e. The molecule has 1 N–H and O–H groups in total. The molecule has 0 fully saturated rings. The fourth-order valence-electron chi connectivity index (χ4n) is 2.71. The maximum atomic E-state index is 13.2. The van der Waals surface area contributed by atoms with E-state index in [9.17, 15) is 4.39 Å². The molecule has 0 radical (unpaired) electrons. The summed E-state index contributed by atoms with van der Waals surface area (Å²) < 4.78 is 24.3. The Labute approximate surface area is 174 Å². The highest BCUT2D eigenvalue weighted by atomic mass is 35.5. The van der Waals surface area contributed by atoms with E-state index in [-0.39, 0.29) is 12.4 Å². The molecule has 0 saturated heterocycles. The first-order chi connectivity index (χ1) is 13.5. The molecule has 0 spiro atoms. The van der Waals surface area contributed by atoms with Crippen molar-refractivity contribution in [2.24, 2.45) is 0 Å². The summed E-state index contributed by atoms with van der Waals surface area (Å²) in [6.07, 6.45) is 0. The summed E-state index contributed by atoms with van der Waals surface area (Å²) in [6.45, 7) is 1.52. The summed E-state index contributed by atoms with van der Waals surface area (Å²) in [7, 11) is 1.65. The van der Waals surface area contributed by atoms with Gasteiger partial charge in [-0.1, -0.05) is 41.4 Å². The third-order valence-corrected chi connectivity index (χ3v) is 4.81. The molecule has 0 atom stereocenters. The number of rotatable bonds is 8. The Morgan fingerprint density at radius 2 is 1.68 bits per heavy atom. The normalized spacial score (nSPS) is 10.7.